The first kappa shape index (κ1) is 31.3. The Hall–Kier alpha value is -3.17. The van der Waals surface area contributed by atoms with Crippen LogP contribution in [0.3, 0.4) is 0 Å². The Balaban J connectivity index is 1.11. The minimum atomic E-state index is -0.397. The maximum atomic E-state index is 13.2. The smallest absolute Gasteiger partial charge is 0.306 e. The highest BCUT2D eigenvalue weighted by Gasteiger charge is 2.45. The van der Waals surface area contributed by atoms with E-state index in [1.807, 2.05) is 18.2 Å². The number of rotatable bonds is 13. The van der Waals surface area contributed by atoms with E-state index >= 15 is 0 Å². The second kappa shape index (κ2) is 15.5. The third kappa shape index (κ3) is 8.70. The predicted octanol–water partition coefficient (Wildman–Crippen LogP) is 6.32. The molecule has 0 spiro atoms. The van der Waals surface area contributed by atoms with Crippen LogP contribution in [0.15, 0.2) is 83.4 Å². The van der Waals surface area contributed by atoms with Crippen molar-refractivity contribution in [2.24, 2.45) is 5.92 Å². The van der Waals surface area contributed by atoms with E-state index in [0.29, 0.717) is 38.2 Å². The van der Waals surface area contributed by atoms with Crippen LogP contribution >= 0.6 is 15.9 Å². The largest absolute Gasteiger partial charge is 0.457 e. The maximum absolute atomic E-state index is 13.2. The fraction of sp³-hybridized carbons (Fsp3) is 0.400. The summed E-state index contributed by atoms with van der Waals surface area (Å²) >= 11 is 3.34. The normalized spacial score (nSPS) is 21.0. The van der Waals surface area contributed by atoms with Crippen molar-refractivity contribution in [1.29, 1.82) is 0 Å². The number of hydrogen-bond acceptors (Lipinski definition) is 7. The number of carbonyl (C=O) groups is 3. The Labute approximate surface area is 261 Å². The van der Waals surface area contributed by atoms with E-state index in [0.717, 1.165) is 36.0 Å². The van der Waals surface area contributed by atoms with Crippen LogP contribution in [0.5, 0.6) is 0 Å². The molecule has 0 N–H and O–H groups in total. The van der Waals surface area contributed by atoms with Crippen LogP contribution in [0.25, 0.3) is 10.8 Å². The van der Waals surface area contributed by atoms with E-state index in [1.54, 1.807) is 24.3 Å². The molecule has 43 heavy (non-hydrogen) atoms. The van der Waals surface area contributed by atoms with Crippen LogP contribution in [0.4, 0.5) is 0 Å². The van der Waals surface area contributed by atoms with E-state index in [2.05, 4.69) is 57.2 Å². The summed E-state index contributed by atoms with van der Waals surface area (Å²) in [5.41, 5.74) is 1.61. The number of hydrogen-bond donors (Lipinski definition) is 0. The van der Waals surface area contributed by atoms with Gasteiger partial charge in [0.1, 0.15) is 0 Å². The Bertz CT molecular complexity index is 1430. The lowest BCUT2D eigenvalue weighted by atomic mass is 9.93. The SMILES string of the molecule is O=C(CCC=CCCC1C(OCc2ccc3ccccc3c2)CC(=O)C1N1CCOCC1)OCC(=O)c1ccc(Br)cc1. The van der Waals surface area contributed by atoms with Crippen molar-refractivity contribution in [3.63, 3.8) is 0 Å². The zero-order chi connectivity index (χ0) is 30.0. The number of ketones is 2. The molecule has 1 saturated heterocycles. The van der Waals surface area contributed by atoms with Crippen molar-refractivity contribution < 1.29 is 28.6 Å². The molecule has 3 unspecified atom stereocenters. The van der Waals surface area contributed by atoms with Gasteiger partial charge in [-0.2, -0.15) is 0 Å². The Morgan fingerprint density at radius 2 is 1.70 bits per heavy atom. The summed E-state index contributed by atoms with van der Waals surface area (Å²) in [5.74, 6) is -0.286. The number of esters is 1. The van der Waals surface area contributed by atoms with Crippen molar-refractivity contribution in [2.75, 3.05) is 32.9 Å². The van der Waals surface area contributed by atoms with Crippen LogP contribution in [-0.2, 0) is 30.4 Å². The van der Waals surface area contributed by atoms with Gasteiger partial charge < -0.3 is 14.2 Å². The van der Waals surface area contributed by atoms with Crippen molar-refractivity contribution in [3.8, 4) is 0 Å². The minimum absolute atomic E-state index is 0.0882. The molecule has 5 rings (SSSR count). The van der Waals surface area contributed by atoms with E-state index in [4.69, 9.17) is 14.2 Å². The molecule has 0 radical (unpaired) electrons. The van der Waals surface area contributed by atoms with Gasteiger partial charge in [-0.1, -0.05) is 76.6 Å². The molecular formula is C35H38BrNO6. The van der Waals surface area contributed by atoms with Crippen LogP contribution in [0, 0.1) is 5.92 Å². The molecule has 1 aliphatic heterocycles. The highest BCUT2D eigenvalue weighted by molar-refractivity contribution is 9.10. The summed E-state index contributed by atoms with van der Waals surface area (Å²) in [6.45, 7) is 3.01. The molecule has 226 valence electrons. The van der Waals surface area contributed by atoms with Gasteiger partial charge in [0.2, 0.25) is 0 Å². The van der Waals surface area contributed by atoms with Crippen LogP contribution < -0.4 is 0 Å². The lowest BCUT2D eigenvalue weighted by molar-refractivity contribution is -0.142. The minimum Gasteiger partial charge on any atom is -0.457 e. The summed E-state index contributed by atoms with van der Waals surface area (Å²) in [6, 6.07) is 21.4. The van der Waals surface area contributed by atoms with Crippen molar-refractivity contribution >= 4 is 44.2 Å². The second-order valence-corrected chi connectivity index (χ2v) is 12.1. The molecular weight excluding hydrogens is 610 g/mol. The summed E-state index contributed by atoms with van der Waals surface area (Å²) in [6.07, 6.45) is 6.67. The summed E-state index contributed by atoms with van der Waals surface area (Å²) in [7, 11) is 0. The molecule has 0 aromatic heterocycles. The molecule has 1 aliphatic carbocycles. The standard InChI is InChI=1S/C35H38BrNO6/c36-29-15-13-27(14-16-29)32(39)24-43-34(40)10-4-2-1-3-9-30-33(22-31(38)35(30)37-17-19-41-20-18-37)42-23-25-11-12-26-7-5-6-8-28(26)21-25/h1-2,5-8,11-16,21,30,33,35H,3-4,9-10,17-20,22-24H2. The zero-order valence-electron chi connectivity index (χ0n) is 24.3. The summed E-state index contributed by atoms with van der Waals surface area (Å²) < 4.78 is 18.0. The van der Waals surface area contributed by atoms with Gasteiger partial charge in [0.05, 0.1) is 32.0 Å². The summed E-state index contributed by atoms with van der Waals surface area (Å²) in [5, 5.41) is 2.38. The Morgan fingerprint density at radius 1 is 0.953 bits per heavy atom. The Morgan fingerprint density at radius 3 is 2.49 bits per heavy atom. The van der Waals surface area contributed by atoms with E-state index < -0.39 is 5.97 Å². The lowest BCUT2D eigenvalue weighted by Crippen LogP contribution is -2.49. The van der Waals surface area contributed by atoms with Gasteiger partial charge in [-0.15, -0.1) is 0 Å². The first-order valence-electron chi connectivity index (χ1n) is 15.0. The maximum Gasteiger partial charge on any atom is 0.306 e. The number of halogens is 1. The van der Waals surface area contributed by atoms with Crippen LogP contribution in [0.2, 0.25) is 0 Å². The number of fused-ring (bicyclic) bond motifs is 1. The fourth-order valence-corrected chi connectivity index (χ4v) is 6.23. The molecule has 7 nitrogen and oxygen atoms in total. The number of allylic oxidation sites excluding steroid dienone is 2. The zero-order valence-corrected chi connectivity index (χ0v) is 25.9. The molecule has 3 aromatic carbocycles. The number of carbonyl (C=O) groups excluding carboxylic acids is 3. The fourth-order valence-electron chi connectivity index (χ4n) is 5.96. The average Bonchev–Trinajstić information content (AvgIpc) is 3.35. The van der Waals surface area contributed by atoms with E-state index in [-0.39, 0.29) is 42.7 Å². The second-order valence-electron chi connectivity index (χ2n) is 11.1. The van der Waals surface area contributed by atoms with Crippen LogP contribution in [0.1, 0.15) is 48.0 Å². The quantitative estimate of drug-likeness (QED) is 0.122. The molecule has 0 amide bonds. The molecule has 8 heteroatoms. The van der Waals surface area contributed by atoms with E-state index in [1.165, 1.54) is 10.8 Å². The number of morpholine rings is 1. The number of Topliss-reactive ketones (excluding diaryl/α,β-unsaturated/α-hetero) is 2. The Kier molecular flexibility index (Phi) is 11.3. The van der Waals surface area contributed by atoms with Gasteiger partial charge in [-0.05, 0) is 53.8 Å². The van der Waals surface area contributed by atoms with Gasteiger partial charge in [-0.3, -0.25) is 19.3 Å². The number of benzene rings is 3. The molecule has 3 atom stereocenters. The van der Waals surface area contributed by atoms with Gasteiger partial charge in [0.15, 0.2) is 18.2 Å². The third-order valence-electron chi connectivity index (χ3n) is 8.21. The van der Waals surface area contributed by atoms with E-state index in [9.17, 15) is 14.4 Å². The van der Waals surface area contributed by atoms with Crippen molar-refractivity contribution in [3.05, 3.63) is 94.5 Å². The molecule has 2 aliphatic rings. The van der Waals surface area contributed by atoms with Crippen molar-refractivity contribution in [2.45, 2.75) is 50.9 Å². The highest BCUT2D eigenvalue weighted by atomic mass is 79.9. The third-order valence-corrected chi connectivity index (χ3v) is 8.74. The van der Waals surface area contributed by atoms with Gasteiger partial charge >= 0.3 is 5.97 Å². The summed E-state index contributed by atoms with van der Waals surface area (Å²) in [4.78, 5) is 39.9. The number of nitrogens with zero attached hydrogens (tertiary/aromatic N) is 1. The average molecular weight is 649 g/mol. The molecule has 3 aromatic rings. The lowest BCUT2D eigenvalue weighted by Gasteiger charge is -2.35. The van der Waals surface area contributed by atoms with Gasteiger partial charge in [0, 0.05) is 41.9 Å². The molecule has 1 heterocycles. The van der Waals surface area contributed by atoms with Crippen LogP contribution in [-0.4, -0.2) is 67.5 Å². The topological polar surface area (TPSA) is 82.1 Å². The monoisotopic (exact) mass is 647 g/mol. The van der Waals surface area contributed by atoms with Crippen molar-refractivity contribution in [1.82, 2.24) is 4.90 Å². The van der Waals surface area contributed by atoms with Gasteiger partial charge in [-0.25, -0.2) is 0 Å². The first-order valence-corrected chi connectivity index (χ1v) is 15.8. The van der Waals surface area contributed by atoms with Gasteiger partial charge in [0.25, 0.3) is 0 Å². The highest BCUT2D eigenvalue weighted by Crippen LogP contribution is 2.35. The molecule has 1 saturated carbocycles. The number of ether oxygens (including phenoxy) is 3. The molecule has 0 bridgehead atoms. The molecule has 2 fully saturated rings. The predicted molar refractivity (Wildman–Crippen MR) is 169 cm³/mol. The first-order chi connectivity index (χ1) is 21.0.